The van der Waals surface area contributed by atoms with Gasteiger partial charge in [-0.2, -0.15) is 4.98 Å². The van der Waals surface area contributed by atoms with Gasteiger partial charge in [0.2, 0.25) is 11.8 Å². The highest BCUT2D eigenvalue weighted by Crippen LogP contribution is 2.23. The van der Waals surface area contributed by atoms with Crippen molar-refractivity contribution in [2.45, 2.75) is 6.92 Å². The normalized spacial score (nSPS) is 10.2. The lowest BCUT2D eigenvalue weighted by molar-refractivity contribution is 0.102. The summed E-state index contributed by atoms with van der Waals surface area (Å²) < 4.78 is 5.02. The molecule has 0 atom stereocenters. The number of carbonyl (C=O) groups is 1. The van der Waals surface area contributed by atoms with Gasteiger partial charge in [0.25, 0.3) is 5.91 Å². The molecule has 1 aromatic heterocycles. The Labute approximate surface area is 120 Å². The molecule has 1 aromatic carbocycles. The van der Waals surface area contributed by atoms with Crippen molar-refractivity contribution in [1.82, 2.24) is 9.97 Å². The standard InChI is InChI=1S/C13H13ClN4O2/c1-7-6-10(20-2)17-13(16-7)18-12(19)8-4-3-5-9(14)11(8)15/h3-6H,15H2,1-2H3,(H,16,17,18,19). The molecule has 0 radical (unpaired) electrons. The second kappa shape index (κ2) is 5.75. The number of amides is 1. The minimum absolute atomic E-state index is 0.145. The molecule has 7 heteroatoms. The number of aryl methyl sites for hydroxylation is 1. The number of nitrogens with zero attached hydrogens (tertiary/aromatic N) is 2. The highest BCUT2D eigenvalue weighted by atomic mass is 35.5. The minimum atomic E-state index is -0.433. The number of hydrogen-bond acceptors (Lipinski definition) is 5. The zero-order valence-corrected chi connectivity index (χ0v) is 11.7. The molecule has 0 bridgehead atoms. The Bertz CT molecular complexity index is 661. The van der Waals surface area contributed by atoms with Gasteiger partial charge >= 0.3 is 0 Å². The summed E-state index contributed by atoms with van der Waals surface area (Å²) in [5.41, 5.74) is 6.92. The number of anilines is 2. The Morgan fingerprint density at radius 3 is 2.85 bits per heavy atom. The van der Waals surface area contributed by atoms with E-state index >= 15 is 0 Å². The third kappa shape index (κ3) is 2.97. The molecular formula is C13H13ClN4O2. The van der Waals surface area contributed by atoms with E-state index in [-0.39, 0.29) is 17.2 Å². The number of ether oxygens (including phenoxy) is 1. The molecule has 0 aliphatic rings. The predicted molar refractivity (Wildman–Crippen MR) is 77.1 cm³/mol. The fraction of sp³-hybridized carbons (Fsp3) is 0.154. The molecule has 1 amide bonds. The van der Waals surface area contributed by atoms with Crippen LogP contribution in [-0.4, -0.2) is 23.0 Å². The fourth-order valence-corrected chi connectivity index (χ4v) is 1.78. The molecule has 3 N–H and O–H groups in total. The average Bonchev–Trinajstić information content (AvgIpc) is 2.41. The second-order valence-corrected chi connectivity index (χ2v) is 4.44. The number of hydrogen-bond donors (Lipinski definition) is 2. The zero-order valence-electron chi connectivity index (χ0n) is 11.0. The molecule has 20 heavy (non-hydrogen) atoms. The SMILES string of the molecule is COc1cc(C)nc(NC(=O)c2cccc(Cl)c2N)n1. The van der Waals surface area contributed by atoms with Gasteiger partial charge in [-0.05, 0) is 19.1 Å². The molecule has 2 aromatic rings. The first-order chi connectivity index (χ1) is 9.51. The number of para-hydroxylation sites is 1. The molecule has 6 nitrogen and oxygen atoms in total. The van der Waals surface area contributed by atoms with Gasteiger partial charge in [0.1, 0.15) is 0 Å². The highest BCUT2D eigenvalue weighted by molar-refractivity contribution is 6.34. The van der Waals surface area contributed by atoms with Crippen molar-refractivity contribution in [1.29, 1.82) is 0 Å². The quantitative estimate of drug-likeness (QED) is 0.847. The number of benzene rings is 1. The summed E-state index contributed by atoms with van der Waals surface area (Å²) in [6.07, 6.45) is 0. The average molecular weight is 293 g/mol. The third-order valence-corrected chi connectivity index (χ3v) is 2.89. The first-order valence-corrected chi connectivity index (χ1v) is 6.14. The third-order valence-electron chi connectivity index (χ3n) is 2.56. The van der Waals surface area contributed by atoms with Crippen LogP contribution in [0.2, 0.25) is 5.02 Å². The Balaban J connectivity index is 2.28. The molecule has 0 aliphatic heterocycles. The number of nitrogens with one attached hydrogen (secondary N) is 1. The smallest absolute Gasteiger partial charge is 0.260 e. The van der Waals surface area contributed by atoms with Crippen LogP contribution in [0.4, 0.5) is 11.6 Å². The summed E-state index contributed by atoms with van der Waals surface area (Å²) in [6, 6.07) is 6.48. The van der Waals surface area contributed by atoms with Gasteiger partial charge in [0.15, 0.2) is 0 Å². The molecule has 0 saturated carbocycles. The first-order valence-electron chi connectivity index (χ1n) is 5.76. The maximum Gasteiger partial charge on any atom is 0.260 e. The molecule has 0 saturated heterocycles. The molecule has 2 rings (SSSR count). The van der Waals surface area contributed by atoms with E-state index in [4.69, 9.17) is 22.1 Å². The van der Waals surface area contributed by atoms with Gasteiger partial charge in [0.05, 0.1) is 23.4 Å². The van der Waals surface area contributed by atoms with Gasteiger partial charge in [-0.25, -0.2) is 4.98 Å². The van der Waals surface area contributed by atoms with E-state index < -0.39 is 5.91 Å². The Morgan fingerprint density at radius 1 is 1.40 bits per heavy atom. The van der Waals surface area contributed by atoms with Gasteiger partial charge in [-0.3, -0.25) is 10.1 Å². The lowest BCUT2D eigenvalue weighted by atomic mass is 10.1. The molecule has 0 spiro atoms. The molecule has 104 valence electrons. The summed E-state index contributed by atoms with van der Waals surface area (Å²) in [5.74, 6) is 0.0794. The van der Waals surface area contributed by atoms with Crippen LogP contribution in [0.25, 0.3) is 0 Å². The molecule has 0 fully saturated rings. The number of methoxy groups -OCH3 is 1. The predicted octanol–water partition coefficient (Wildman–Crippen LogP) is 2.28. The molecule has 0 unspecified atom stereocenters. The fourth-order valence-electron chi connectivity index (χ4n) is 1.60. The van der Waals surface area contributed by atoms with Gasteiger partial charge in [-0.15, -0.1) is 0 Å². The van der Waals surface area contributed by atoms with E-state index in [2.05, 4.69) is 15.3 Å². The van der Waals surface area contributed by atoms with Crippen LogP contribution >= 0.6 is 11.6 Å². The van der Waals surface area contributed by atoms with Gasteiger partial charge < -0.3 is 10.5 Å². The van der Waals surface area contributed by atoms with Crippen LogP contribution in [-0.2, 0) is 0 Å². The lowest BCUT2D eigenvalue weighted by Crippen LogP contribution is -2.16. The molecular weight excluding hydrogens is 280 g/mol. The number of rotatable bonds is 3. The topological polar surface area (TPSA) is 90.1 Å². The van der Waals surface area contributed by atoms with Gasteiger partial charge in [0, 0.05) is 11.8 Å². The first kappa shape index (κ1) is 14.1. The van der Waals surface area contributed by atoms with Crippen molar-refractivity contribution in [2.75, 3.05) is 18.2 Å². The van der Waals surface area contributed by atoms with E-state index in [1.165, 1.54) is 7.11 Å². The van der Waals surface area contributed by atoms with Crippen LogP contribution < -0.4 is 15.8 Å². The summed E-state index contributed by atoms with van der Waals surface area (Å²) in [4.78, 5) is 20.3. The largest absolute Gasteiger partial charge is 0.481 e. The van der Waals surface area contributed by atoms with E-state index in [9.17, 15) is 4.79 Å². The molecule has 0 aliphatic carbocycles. The van der Waals surface area contributed by atoms with Crippen molar-refractivity contribution in [2.24, 2.45) is 0 Å². The van der Waals surface area contributed by atoms with Crippen LogP contribution in [0.3, 0.4) is 0 Å². The number of nitrogen functional groups attached to an aromatic ring is 1. The van der Waals surface area contributed by atoms with Crippen LogP contribution in [0, 0.1) is 6.92 Å². The van der Waals surface area contributed by atoms with Crippen LogP contribution in [0.5, 0.6) is 5.88 Å². The van der Waals surface area contributed by atoms with Crippen LogP contribution in [0.1, 0.15) is 16.1 Å². The van der Waals surface area contributed by atoms with E-state index in [0.29, 0.717) is 16.6 Å². The Kier molecular flexibility index (Phi) is 4.05. The van der Waals surface area contributed by atoms with Crippen LogP contribution in [0.15, 0.2) is 24.3 Å². The van der Waals surface area contributed by atoms with E-state index in [1.807, 2.05) is 0 Å². The maximum atomic E-state index is 12.1. The van der Waals surface area contributed by atoms with Crippen molar-refractivity contribution < 1.29 is 9.53 Å². The number of carbonyl (C=O) groups excluding carboxylic acids is 1. The Hall–Kier alpha value is -2.34. The number of nitrogens with two attached hydrogens (primary N) is 1. The summed E-state index contributed by atoms with van der Waals surface area (Å²) in [5, 5.41) is 2.88. The van der Waals surface area contributed by atoms with Crippen molar-refractivity contribution in [3.05, 3.63) is 40.5 Å². The number of halogens is 1. The summed E-state index contributed by atoms with van der Waals surface area (Å²) in [6.45, 7) is 1.77. The monoisotopic (exact) mass is 292 g/mol. The van der Waals surface area contributed by atoms with Crippen molar-refractivity contribution in [3.8, 4) is 5.88 Å². The summed E-state index contributed by atoms with van der Waals surface area (Å²) >= 11 is 5.88. The Morgan fingerprint density at radius 2 is 2.15 bits per heavy atom. The van der Waals surface area contributed by atoms with Gasteiger partial charge in [-0.1, -0.05) is 17.7 Å². The molecule has 1 heterocycles. The minimum Gasteiger partial charge on any atom is -0.481 e. The number of aromatic nitrogens is 2. The van der Waals surface area contributed by atoms with Crippen molar-refractivity contribution >= 4 is 29.1 Å². The van der Waals surface area contributed by atoms with Crippen molar-refractivity contribution in [3.63, 3.8) is 0 Å². The highest BCUT2D eigenvalue weighted by Gasteiger charge is 2.13. The second-order valence-electron chi connectivity index (χ2n) is 4.03. The zero-order chi connectivity index (χ0) is 14.7. The van der Waals surface area contributed by atoms with E-state index in [0.717, 1.165) is 0 Å². The lowest BCUT2D eigenvalue weighted by Gasteiger charge is -2.08. The van der Waals surface area contributed by atoms with E-state index in [1.54, 1.807) is 31.2 Å². The maximum absolute atomic E-state index is 12.1. The summed E-state index contributed by atoms with van der Waals surface area (Å²) in [7, 11) is 1.49.